The van der Waals surface area contributed by atoms with E-state index in [9.17, 15) is 4.79 Å². The minimum absolute atomic E-state index is 0.0726. The van der Waals surface area contributed by atoms with Crippen LogP contribution in [0.4, 0.5) is 0 Å². The number of hydrogen-bond acceptors (Lipinski definition) is 4. The van der Waals surface area contributed by atoms with Crippen LogP contribution in [0.5, 0.6) is 11.5 Å². The number of hydrogen-bond donors (Lipinski definition) is 1. The average Bonchev–Trinajstić information content (AvgIpc) is 3.01. The molecule has 1 aliphatic rings. The fraction of sp³-hybridized carbons (Fsp3) is 0.214. The zero-order valence-electron chi connectivity index (χ0n) is 10.3. The largest absolute Gasteiger partial charge is 0.489 e. The van der Waals surface area contributed by atoms with Gasteiger partial charge in [-0.1, -0.05) is 11.6 Å². The summed E-state index contributed by atoms with van der Waals surface area (Å²) >= 11 is 7.08. The lowest BCUT2D eigenvalue weighted by Gasteiger charge is -2.11. The van der Waals surface area contributed by atoms with Gasteiger partial charge in [-0.15, -0.1) is 11.3 Å². The normalized spacial score (nSPS) is 16.6. The fourth-order valence-electron chi connectivity index (χ4n) is 2.08. The van der Waals surface area contributed by atoms with Gasteiger partial charge in [-0.3, -0.25) is 0 Å². The third kappa shape index (κ3) is 2.73. The number of halogens is 1. The number of carboxylic acid groups (broad SMARTS) is 1. The highest BCUT2D eigenvalue weighted by Crippen LogP contribution is 2.31. The third-order valence-corrected chi connectivity index (χ3v) is 4.12. The molecular weight excluding hydrogens is 300 g/mol. The number of ether oxygens (including phenoxy) is 2. The summed E-state index contributed by atoms with van der Waals surface area (Å²) in [5.41, 5.74) is 1.07. The lowest BCUT2D eigenvalue weighted by atomic mass is 10.1. The van der Waals surface area contributed by atoms with E-state index < -0.39 is 5.97 Å². The Morgan fingerprint density at radius 2 is 2.35 bits per heavy atom. The number of fused-ring (bicyclic) bond motifs is 1. The Kier molecular flexibility index (Phi) is 3.54. The summed E-state index contributed by atoms with van der Waals surface area (Å²) in [5, 5.41) is 11.2. The van der Waals surface area contributed by atoms with Gasteiger partial charge >= 0.3 is 5.97 Å². The molecule has 2 aromatic rings. The van der Waals surface area contributed by atoms with Crippen molar-refractivity contribution in [3.05, 3.63) is 45.1 Å². The second-order valence-electron chi connectivity index (χ2n) is 4.46. The Morgan fingerprint density at radius 1 is 1.50 bits per heavy atom. The van der Waals surface area contributed by atoms with Gasteiger partial charge in [-0.25, -0.2) is 4.79 Å². The quantitative estimate of drug-likeness (QED) is 0.939. The van der Waals surface area contributed by atoms with Crippen LogP contribution < -0.4 is 9.47 Å². The van der Waals surface area contributed by atoms with E-state index in [1.807, 2.05) is 12.1 Å². The Bertz CT molecular complexity index is 652. The maximum absolute atomic E-state index is 10.8. The summed E-state index contributed by atoms with van der Waals surface area (Å²) in [6.45, 7) is 0.377. The van der Waals surface area contributed by atoms with Gasteiger partial charge in [0.25, 0.3) is 0 Å². The summed E-state index contributed by atoms with van der Waals surface area (Å²) in [6, 6.07) is 7.06. The van der Waals surface area contributed by atoms with E-state index in [1.54, 1.807) is 11.4 Å². The van der Waals surface area contributed by atoms with Crippen LogP contribution in [0.25, 0.3) is 0 Å². The van der Waals surface area contributed by atoms with Gasteiger partial charge in [0, 0.05) is 22.9 Å². The van der Waals surface area contributed by atoms with Crippen LogP contribution in [-0.2, 0) is 6.42 Å². The van der Waals surface area contributed by atoms with Gasteiger partial charge in [0.1, 0.15) is 29.1 Å². The van der Waals surface area contributed by atoms with Gasteiger partial charge in [0.05, 0.1) is 0 Å². The van der Waals surface area contributed by atoms with Crippen molar-refractivity contribution in [3.63, 3.8) is 0 Å². The summed E-state index contributed by atoms with van der Waals surface area (Å²) < 4.78 is 11.3. The molecule has 0 radical (unpaired) electrons. The predicted molar refractivity (Wildman–Crippen MR) is 76.3 cm³/mol. The highest BCUT2D eigenvalue weighted by atomic mass is 35.5. The zero-order chi connectivity index (χ0) is 14.1. The van der Waals surface area contributed by atoms with E-state index in [2.05, 4.69) is 0 Å². The molecule has 0 fully saturated rings. The molecule has 3 rings (SSSR count). The monoisotopic (exact) mass is 310 g/mol. The van der Waals surface area contributed by atoms with E-state index in [-0.39, 0.29) is 11.0 Å². The summed E-state index contributed by atoms with van der Waals surface area (Å²) in [5.74, 6) is 0.452. The first-order valence-corrected chi connectivity index (χ1v) is 7.27. The Balaban J connectivity index is 1.59. The maximum atomic E-state index is 10.8. The van der Waals surface area contributed by atoms with Crippen molar-refractivity contribution in [1.82, 2.24) is 0 Å². The van der Waals surface area contributed by atoms with Gasteiger partial charge in [-0.2, -0.15) is 0 Å². The standard InChI is InChI=1S/C14H11ClO4S/c15-9-1-2-12-8(3-9)4-10(19-12)6-18-11-5-13(14(16)17)20-7-11/h1-3,5,7,10H,4,6H2,(H,16,17). The van der Waals surface area contributed by atoms with Crippen molar-refractivity contribution in [2.24, 2.45) is 0 Å². The first-order valence-electron chi connectivity index (χ1n) is 6.01. The molecule has 104 valence electrons. The Hall–Kier alpha value is -1.72. The number of aromatic carboxylic acids is 1. The van der Waals surface area contributed by atoms with Gasteiger partial charge < -0.3 is 14.6 Å². The third-order valence-electron chi connectivity index (χ3n) is 2.99. The van der Waals surface area contributed by atoms with Crippen molar-refractivity contribution in [1.29, 1.82) is 0 Å². The molecule has 2 heterocycles. The highest BCUT2D eigenvalue weighted by Gasteiger charge is 2.23. The lowest BCUT2D eigenvalue weighted by molar-refractivity contribution is 0.0701. The minimum atomic E-state index is -0.941. The molecule has 1 N–H and O–H groups in total. The molecule has 20 heavy (non-hydrogen) atoms. The molecule has 1 aromatic carbocycles. The second kappa shape index (κ2) is 5.34. The van der Waals surface area contributed by atoms with E-state index in [0.717, 1.165) is 29.1 Å². The lowest BCUT2D eigenvalue weighted by Crippen LogP contribution is -2.22. The first-order chi connectivity index (χ1) is 9.61. The number of benzene rings is 1. The molecule has 0 spiro atoms. The number of thiophene rings is 1. The van der Waals surface area contributed by atoms with E-state index in [4.69, 9.17) is 26.2 Å². The number of carbonyl (C=O) groups is 1. The van der Waals surface area contributed by atoms with E-state index >= 15 is 0 Å². The molecule has 4 nitrogen and oxygen atoms in total. The second-order valence-corrected chi connectivity index (χ2v) is 5.81. The van der Waals surface area contributed by atoms with Gasteiger partial charge in [-0.05, 0) is 23.8 Å². The molecule has 1 aliphatic heterocycles. The Labute approximate surface area is 124 Å². The van der Waals surface area contributed by atoms with Gasteiger partial charge in [0.15, 0.2) is 0 Å². The van der Waals surface area contributed by atoms with E-state index in [0.29, 0.717) is 17.4 Å². The molecule has 0 amide bonds. The highest BCUT2D eigenvalue weighted by molar-refractivity contribution is 7.12. The van der Waals surface area contributed by atoms with Crippen molar-refractivity contribution < 1.29 is 19.4 Å². The topological polar surface area (TPSA) is 55.8 Å². The van der Waals surface area contributed by atoms with Crippen LogP contribution in [0.1, 0.15) is 15.2 Å². The van der Waals surface area contributed by atoms with Crippen LogP contribution in [0.3, 0.4) is 0 Å². The molecular formula is C14H11ClO4S. The molecule has 0 bridgehead atoms. The fourth-order valence-corrected chi connectivity index (χ4v) is 2.94. The van der Waals surface area contributed by atoms with Crippen LogP contribution in [0.15, 0.2) is 29.6 Å². The van der Waals surface area contributed by atoms with Crippen LogP contribution in [0.2, 0.25) is 5.02 Å². The van der Waals surface area contributed by atoms with Crippen molar-refractivity contribution in [2.45, 2.75) is 12.5 Å². The summed E-state index contributed by atoms with van der Waals surface area (Å²) in [7, 11) is 0. The van der Waals surface area contributed by atoms with Crippen LogP contribution in [0, 0.1) is 0 Å². The number of carboxylic acids is 1. The average molecular weight is 311 g/mol. The predicted octanol–water partition coefficient (Wildman–Crippen LogP) is 3.48. The zero-order valence-corrected chi connectivity index (χ0v) is 11.9. The molecule has 1 unspecified atom stereocenters. The summed E-state index contributed by atoms with van der Waals surface area (Å²) in [6.07, 6.45) is 0.669. The molecule has 1 aromatic heterocycles. The van der Waals surface area contributed by atoms with Gasteiger partial charge in [0.2, 0.25) is 0 Å². The van der Waals surface area contributed by atoms with Crippen molar-refractivity contribution in [2.75, 3.05) is 6.61 Å². The molecule has 0 saturated heterocycles. The first kappa shape index (κ1) is 13.3. The van der Waals surface area contributed by atoms with Crippen LogP contribution in [-0.4, -0.2) is 23.8 Å². The molecule has 0 saturated carbocycles. The Morgan fingerprint density at radius 3 is 3.10 bits per heavy atom. The number of rotatable bonds is 4. The van der Waals surface area contributed by atoms with Crippen molar-refractivity contribution in [3.8, 4) is 11.5 Å². The minimum Gasteiger partial charge on any atom is -0.489 e. The molecule has 6 heteroatoms. The smallest absolute Gasteiger partial charge is 0.346 e. The van der Waals surface area contributed by atoms with E-state index in [1.165, 1.54) is 6.07 Å². The molecule has 1 atom stereocenters. The molecule has 0 aliphatic carbocycles. The van der Waals surface area contributed by atoms with Crippen LogP contribution >= 0.6 is 22.9 Å². The maximum Gasteiger partial charge on any atom is 0.346 e. The summed E-state index contributed by atoms with van der Waals surface area (Å²) in [4.78, 5) is 11.0. The SMILES string of the molecule is O=C(O)c1cc(OCC2Cc3cc(Cl)ccc3O2)cs1. The van der Waals surface area contributed by atoms with Crippen molar-refractivity contribution >= 4 is 28.9 Å².